The van der Waals surface area contributed by atoms with Gasteiger partial charge in [-0.3, -0.25) is 4.99 Å². The van der Waals surface area contributed by atoms with Crippen molar-refractivity contribution < 1.29 is 4.74 Å². The lowest BCUT2D eigenvalue weighted by Crippen LogP contribution is -2.38. The Bertz CT molecular complexity index is 642. The van der Waals surface area contributed by atoms with Crippen LogP contribution in [-0.2, 0) is 11.3 Å². The van der Waals surface area contributed by atoms with Gasteiger partial charge < -0.3 is 20.4 Å². The fourth-order valence-electron chi connectivity index (χ4n) is 2.27. The number of nitrogens with zero attached hydrogens (tertiary/aromatic N) is 2. The molecule has 3 N–H and O–H groups in total. The second-order valence-corrected chi connectivity index (χ2v) is 6.26. The third-order valence-corrected chi connectivity index (χ3v) is 3.74. The van der Waals surface area contributed by atoms with Gasteiger partial charge in [0.1, 0.15) is 5.82 Å². The average molecular weight is 471 g/mol. The Kier molecular flexibility index (Phi) is 11.0. The van der Waals surface area contributed by atoms with E-state index in [0.29, 0.717) is 19.1 Å². The minimum atomic E-state index is 0. The van der Waals surface area contributed by atoms with Crippen LogP contribution in [0.1, 0.15) is 26.1 Å². The first-order valence-corrected chi connectivity index (χ1v) is 8.80. The van der Waals surface area contributed by atoms with E-state index in [-0.39, 0.29) is 24.0 Å². The number of aromatic amines is 1. The van der Waals surface area contributed by atoms with Gasteiger partial charge >= 0.3 is 0 Å². The molecule has 0 aliphatic heterocycles. The van der Waals surface area contributed by atoms with Gasteiger partial charge in [-0.15, -0.1) is 24.0 Å². The molecule has 0 aliphatic carbocycles. The normalized spacial score (nSPS) is 11.3. The van der Waals surface area contributed by atoms with E-state index < -0.39 is 0 Å². The summed E-state index contributed by atoms with van der Waals surface area (Å²) < 4.78 is 5.59. The lowest BCUT2D eigenvalue weighted by Gasteiger charge is -2.11. The highest BCUT2D eigenvalue weighted by Crippen LogP contribution is 2.15. The molecule has 0 radical (unpaired) electrons. The van der Waals surface area contributed by atoms with Crippen molar-refractivity contribution in [3.63, 3.8) is 0 Å². The average Bonchev–Trinajstić information content (AvgIpc) is 3.10. The topological polar surface area (TPSA) is 74.3 Å². The van der Waals surface area contributed by atoms with Gasteiger partial charge in [0.2, 0.25) is 0 Å². The summed E-state index contributed by atoms with van der Waals surface area (Å²) >= 11 is 0. The highest BCUT2D eigenvalue weighted by Gasteiger charge is 2.04. The molecule has 1 aromatic heterocycles. The SMILES string of the molecule is CN=C(NCCOCCC(C)C)NCc1ncc(-c2ccccc2)[nH]1.I. The molecule has 1 heterocycles. The fourth-order valence-corrected chi connectivity index (χ4v) is 2.27. The molecule has 144 valence electrons. The fraction of sp³-hybridized carbons (Fsp3) is 0.474. The molecular weight excluding hydrogens is 441 g/mol. The third kappa shape index (κ3) is 8.18. The second-order valence-electron chi connectivity index (χ2n) is 6.26. The molecule has 1 aromatic carbocycles. The molecular formula is C19H30IN5O. The number of nitrogens with one attached hydrogen (secondary N) is 3. The van der Waals surface area contributed by atoms with Crippen LogP contribution < -0.4 is 10.6 Å². The first-order valence-electron chi connectivity index (χ1n) is 8.80. The first-order chi connectivity index (χ1) is 12.2. The predicted molar refractivity (Wildman–Crippen MR) is 118 cm³/mol. The molecule has 0 bridgehead atoms. The summed E-state index contributed by atoms with van der Waals surface area (Å²) in [4.78, 5) is 11.9. The molecule has 2 rings (SSSR count). The van der Waals surface area contributed by atoms with Gasteiger partial charge in [0.15, 0.2) is 5.96 Å². The van der Waals surface area contributed by atoms with Crippen molar-refractivity contribution in [3.05, 3.63) is 42.4 Å². The summed E-state index contributed by atoms with van der Waals surface area (Å²) in [7, 11) is 1.76. The van der Waals surface area contributed by atoms with Gasteiger partial charge in [0.25, 0.3) is 0 Å². The molecule has 0 unspecified atom stereocenters. The van der Waals surface area contributed by atoms with Crippen molar-refractivity contribution in [2.24, 2.45) is 10.9 Å². The second kappa shape index (κ2) is 12.7. The van der Waals surface area contributed by atoms with Crippen molar-refractivity contribution in [2.45, 2.75) is 26.8 Å². The molecule has 2 aromatic rings. The zero-order chi connectivity index (χ0) is 17.9. The van der Waals surface area contributed by atoms with Crippen LogP contribution >= 0.6 is 24.0 Å². The number of aliphatic imine (C=N–C) groups is 1. The molecule has 0 saturated carbocycles. The van der Waals surface area contributed by atoms with Gasteiger partial charge in [-0.05, 0) is 17.9 Å². The van der Waals surface area contributed by atoms with Gasteiger partial charge in [0, 0.05) is 20.2 Å². The molecule has 0 aliphatic rings. The Hall–Kier alpha value is -1.61. The Morgan fingerprint density at radius 2 is 1.96 bits per heavy atom. The van der Waals surface area contributed by atoms with E-state index in [2.05, 4.69) is 51.6 Å². The number of guanidine groups is 1. The van der Waals surface area contributed by atoms with Crippen molar-refractivity contribution in [1.29, 1.82) is 0 Å². The number of halogens is 1. The Morgan fingerprint density at radius 1 is 1.19 bits per heavy atom. The summed E-state index contributed by atoms with van der Waals surface area (Å²) in [6.45, 7) is 7.19. The summed E-state index contributed by atoms with van der Waals surface area (Å²) in [5, 5.41) is 6.49. The molecule has 0 fully saturated rings. The number of hydrogen-bond acceptors (Lipinski definition) is 3. The van der Waals surface area contributed by atoms with Crippen molar-refractivity contribution in [1.82, 2.24) is 20.6 Å². The smallest absolute Gasteiger partial charge is 0.191 e. The Balaban J connectivity index is 0.00000338. The van der Waals surface area contributed by atoms with E-state index >= 15 is 0 Å². The van der Waals surface area contributed by atoms with Crippen LogP contribution in [0.25, 0.3) is 11.3 Å². The monoisotopic (exact) mass is 471 g/mol. The number of imidazole rings is 1. The maximum atomic E-state index is 5.59. The highest BCUT2D eigenvalue weighted by atomic mass is 127. The lowest BCUT2D eigenvalue weighted by atomic mass is 10.1. The highest BCUT2D eigenvalue weighted by molar-refractivity contribution is 14.0. The number of benzene rings is 1. The van der Waals surface area contributed by atoms with Gasteiger partial charge in [0.05, 0.1) is 25.0 Å². The van der Waals surface area contributed by atoms with Gasteiger partial charge in [-0.1, -0.05) is 44.2 Å². The minimum Gasteiger partial charge on any atom is -0.380 e. The van der Waals surface area contributed by atoms with Crippen molar-refractivity contribution in [3.8, 4) is 11.3 Å². The van der Waals surface area contributed by atoms with E-state index in [1.165, 1.54) is 0 Å². The molecule has 26 heavy (non-hydrogen) atoms. The van der Waals surface area contributed by atoms with E-state index in [4.69, 9.17) is 4.74 Å². The Morgan fingerprint density at radius 3 is 2.65 bits per heavy atom. The molecule has 7 heteroatoms. The minimum absolute atomic E-state index is 0. The van der Waals surface area contributed by atoms with Crippen LogP contribution in [0.5, 0.6) is 0 Å². The van der Waals surface area contributed by atoms with Gasteiger partial charge in [-0.2, -0.15) is 0 Å². The Labute approximate surface area is 173 Å². The summed E-state index contributed by atoms with van der Waals surface area (Å²) in [6, 6.07) is 10.2. The van der Waals surface area contributed by atoms with Crippen LogP contribution in [0.15, 0.2) is 41.5 Å². The third-order valence-electron chi connectivity index (χ3n) is 3.74. The summed E-state index contributed by atoms with van der Waals surface area (Å²) in [5.74, 6) is 2.29. The van der Waals surface area contributed by atoms with Gasteiger partial charge in [-0.25, -0.2) is 4.98 Å². The zero-order valence-corrected chi connectivity index (χ0v) is 18.1. The van der Waals surface area contributed by atoms with Crippen LogP contribution in [0.3, 0.4) is 0 Å². The van der Waals surface area contributed by atoms with Crippen LogP contribution in [-0.4, -0.2) is 42.7 Å². The standard InChI is InChI=1S/C19H29N5O.HI/c1-15(2)9-11-25-12-10-21-19(20-3)23-14-18-22-13-17(24-18)16-7-5-4-6-8-16;/h4-8,13,15H,9-12,14H2,1-3H3,(H,22,24)(H2,20,21,23);1H. The van der Waals surface area contributed by atoms with Crippen LogP contribution in [0, 0.1) is 5.92 Å². The maximum absolute atomic E-state index is 5.59. The van der Waals surface area contributed by atoms with Crippen molar-refractivity contribution in [2.75, 3.05) is 26.8 Å². The van der Waals surface area contributed by atoms with Crippen LogP contribution in [0.4, 0.5) is 0 Å². The molecule has 0 saturated heterocycles. The number of hydrogen-bond donors (Lipinski definition) is 3. The molecule has 6 nitrogen and oxygen atoms in total. The zero-order valence-electron chi connectivity index (χ0n) is 15.8. The number of aromatic nitrogens is 2. The van der Waals surface area contributed by atoms with E-state index in [1.54, 1.807) is 7.05 Å². The molecule has 0 spiro atoms. The summed E-state index contributed by atoms with van der Waals surface area (Å²) in [5.41, 5.74) is 2.14. The molecule has 0 atom stereocenters. The van der Waals surface area contributed by atoms with Crippen molar-refractivity contribution >= 4 is 29.9 Å². The van der Waals surface area contributed by atoms with E-state index in [9.17, 15) is 0 Å². The number of H-pyrrole nitrogens is 1. The van der Waals surface area contributed by atoms with E-state index in [1.807, 2.05) is 24.4 Å². The van der Waals surface area contributed by atoms with E-state index in [0.717, 1.165) is 42.6 Å². The maximum Gasteiger partial charge on any atom is 0.191 e. The number of ether oxygens (including phenoxy) is 1. The largest absolute Gasteiger partial charge is 0.380 e. The van der Waals surface area contributed by atoms with Crippen LogP contribution in [0.2, 0.25) is 0 Å². The lowest BCUT2D eigenvalue weighted by molar-refractivity contribution is 0.128. The quantitative estimate of drug-likeness (QED) is 0.227. The predicted octanol–water partition coefficient (Wildman–Crippen LogP) is 3.42. The first kappa shape index (κ1) is 22.4. The number of rotatable bonds is 9. The summed E-state index contributed by atoms with van der Waals surface area (Å²) in [6.07, 6.45) is 2.94. The molecule has 0 amide bonds.